The smallest absolute Gasteiger partial charge is 0.264 e. The molecule has 0 aliphatic rings. The Bertz CT molecular complexity index is 1740. The summed E-state index contributed by atoms with van der Waals surface area (Å²) in [5.74, 6) is -0.0195. The monoisotopic (exact) mass is 657 g/mol. The molecule has 0 saturated carbocycles. The lowest BCUT2D eigenvalue weighted by atomic mass is 10.0. The molecule has 4 aromatic rings. The Balaban J connectivity index is 1.86. The number of methoxy groups -OCH3 is 1. The molecule has 0 aromatic heterocycles. The molecule has 0 saturated heterocycles. The Morgan fingerprint density at radius 1 is 0.830 bits per heavy atom. The molecule has 0 spiro atoms. The lowest BCUT2D eigenvalue weighted by Crippen LogP contribution is -2.56. The second-order valence-corrected chi connectivity index (χ2v) is 13.9. The summed E-state index contributed by atoms with van der Waals surface area (Å²) < 4.78 is 40.9. The Labute approximate surface area is 278 Å². The van der Waals surface area contributed by atoms with Crippen LogP contribution in [0.2, 0.25) is 0 Å². The molecule has 9 nitrogen and oxygen atoms in total. The molecule has 0 heterocycles. The van der Waals surface area contributed by atoms with Crippen LogP contribution in [0.1, 0.15) is 38.8 Å². The van der Waals surface area contributed by atoms with Gasteiger partial charge < -0.3 is 19.7 Å². The van der Waals surface area contributed by atoms with Gasteiger partial charge in [0.05, 0.1) is 24.3 Å². The zero-order valence-corrected chi connectivity index (χ0v) is 28.4. The van der Waals surface area contributed by atoms with Crippen molar-refractivity contribution in [1.29, 1.82) is 0 Å². The second kappa shape index (κ2) is 15.6. The molecule has 1 unspecified atom stereocenters. The van der Waals surface area contributed by atoms with Crippen molar-refractivity contribution in [2.75, 3.05) is 24.6 Å². The van der Waals surface area contributed by atoms with Crippen molar-refractivity contribution in [3.05, 3.63) is 120 Å². The van der Waals surface area contributed by atoms with Gasteiger partial charge in [-0.2, -0.15) is 0 Å². The Morgan fingerprint density at radius 3 is 2.09 bits per heavy atom. The SMILES string of the molecule is CCOc1ccccc1N(CC(=O)N(Cc1cccc(OC)c1)C(Cc1ccccc1)C(=O)NC(C)(C)C)S(=O)(=O)c1ccccc1. The van der Waals surface area contributed by atoms with Crippen LogP contribution in [0.3, 0.4) is 0 Å². The summed E-state index contributed by atoms with van der Waals surface area (Å²) in [5.41, 5.74) is 1.19. The molecular formula is C37H43N3O6S. The van der Waals surface area contributed by atoms with Gasteiger partial charge in [-0.25, -0.2) is 8.42 Å². The zero-order chi connectivity index (χ0) is 34.0. The number of anilines is 1. The van der Waals surface area contributed by atoms with E-state index in [0.717, 1.165) is 9.87 Å². The van der Waals surface area contributed by atoms with Crippen molar-refractivity contribution in [2.45, 2.75) is 57.1 Å². The van der Waals surface area contributed by atoms with Crippen molar-refractivity contribution in [3.8, 4) is 11.5 Å². The summed E-state index contributed by atoms with van der Waals surface area (Å²) in [6.45, 7) is 7.15. The highest BCUT2D eigenvalue weighted by Gasteiger charge is 2.36. The largest absolute Gasteiger partial charge is 0.497 e. The van der Waals surface area contributed by atoms with Crippen molar-refractivity contribution in [1.82, 2.24) is 10.2 Å². The maximum Gasteiger partial charge on any atom is 0.264 e. The van der Waals surface area contributed by atoms with Crippen LogP contribution >= 0.6 is 0 Å². The van der Waals surface area contributed by atoms with Gasteiger partial charge in [-0.15, -0.1) is 0 Å². The van der Waals surface area contributed by atoms with E-state index < -0.39 is 34.1 Å². The minimum Gasteiger partial charge on any atom is -0.497 e. The molecule has 0 bridgehead atoms. The number of carbonyl (C=O) groups excluding carboxylic acids is 2. The quantitative estimate of drug-likeness (QED) is 0.183. The summed E-state index contributed by atoms with van der Waals surface area (Å²) >= 11 is 0. The van der Waals surface area contributed by atoms with Crippen molar-refractivity contribution in [2.24, 2.45) is 0 Å². The summed E-state index contributed by atoms with van der Waals surface area (Å²) in [4.78, 5) is 30.2. The van der Waals surface area contributed by atoms with Crippen molar-refractivity contribution >= 4 is 27.5 Å². The average molecular weight is 658 g/mol. The van der Waals surface area contributed by atoms with Crippen LogP contribution in [-0.2, 0) is 32.6 Å². The molecule has 248 valence electrons. The number of nitrogens with zero attached hydrogens (tertiary/aromatic N) is 2. The number of ether oxygens (including phenoxy) is 2. The maximum absolute atomic E-state index is 14.7. The van der Waals surface area contributed by atoms with Gasteiger partial charge in [0.25, 0.3) is 10.0 Å². The summed E-state index contributed by atoms with van der Waals surface area (Å²) in [6.07, 6.45) is 0.208. The molecule has 0 aliphatic heterocycles. The molecule has 1 atom stereocenters. The van der Waals surface area contributed by atoms with Gasteiger partial charge in [0.1, 0.15) is 24.1 Å². The number of carbonyl (C=O) groups is 2. The van der Waals surface area contributed by atoms with Crippen LogP contribution < -0.4 is 19.1 Å². The fourth-order valence-electron chi connectivity index (χ4n) is 5.15. The molecule has 4 rings (SSSR count). The van der Waals surface area contributed by atoms with Crippen LogP contribution in [0.5, 0.6) is 11.5 Å². The summed E-state index contributed by atoms with van der Waals surface area (Å²) in [6, 6.07) is 30.4. The number of benzene rings is 4. The van der Waals surface area contributed by atoms with Gasteiger partial charge in [-0.3, -0.25) is 13.9 Å². The fourth-order valence-corrected chi connectivity index (χ4v) is 6.59. The highest BCUT2D eigenvalue weighted by Crippen LogP contribution is 2.33. The number of rotatable bonds is 14. The predicted molar refractivity (Wildman–Crippen MR) is 184 cm³/mol. The van der Waals surface area contributed by atoms with E-state index in [-0.39, 0.29) is 36.1 Å². The molecule has 0 radical (unpaired) electrons. The van der Waals surface area contributed by atoms with Crippen molar-refractivity contribution < 1.29 is 27.5 Å². The van der Waals surface area contributed by atoms with E-state index in [0.29, 0.717) is 17.1 Å². The van der Waals surface area contributed by atoms with Gasteiger partial charge >= 0.3 is 0 Å². The first kappa shape index (κ1) is 35.0. The fraction of sp³-hybridized carbons (Fsp3) is 0.297. The third-order valence-electron chi connectivity index (χ3n) is 7.30. The van der Waals surface area contributed by atoms with Crippen LogP contribution in [0.15, 0.2) is 114 Å². The Hall–Kier alpha value is -4.83. The molecule has 2 amide bonds. The number of nitrogens with one attached hydrogen (secondary N) is 1. The second-order valence-electron chi connectivity index (χ2n) is 12.0. The standard InChI is InChI=1S/C37H43N3O6S/c1-6-46-34-23-14-13-22-32(34)40(47(43,44)31-20-11-8-12-21-31)27-35(41)39(26-29-18-15-19-30(24-29)45-5)33(36(42)38-37(2,3)4)25-28-16-9-7-10-17-28/h7-24,33H,6,25-27H2,1-5H3,(H,38,42). The zero-order valence-electron chi connectivity index (χ0n) is 27.6. The van der Waals surface area contributed by atoms with Gasteiger partial charge in [-0.05, 0) is 75.2 Å². The van der Waals surface area contributed by atoms with Crippen LogP contribution in [0.25, 0.3) is 0 Å². The van der Waals surface area contributed by atoms with E-state index >= 15 is 0 Å². The van der Waals surface area contributed by atoms with Gasteiger partial charge in [0, 0.05) is 18.5 Å². The summed E-state index contributed by atoms with van der Waals surface area (Å²) in [7, 11) is -2.70. The molecular weight excluding hydrogens is 614 g/mol. The number of para-hydroxylation sites is 2. The molecule has 4 aromatic carbocycles. The minimum absolute atomic E-state index is 0.0183. The first-order valence-corrected chi connectivity index (χ1v) is 16.9. The minimum atomic E-state index is -4.26. The van der Waals surface area contributed by atoms with Gasteiger partial charge in [0.2, 0.25) is 11.8 Å². The third kappa shape index (κ3) is 9.36. The van der Waals surface area contributed by atoms with E-state index in [2.05, 4.69) is 5.32 Å². The molecule has 1 N–H and O–H groups in total. The van der Waals surface area contributed by atoms with E-state index in [1.54, 1.807) is 68.6 Å². The Kier molecular flexibility index (Phi) is 11.7. The lowest BCUT2D eigenvalue weighted by Gasteiger charge is -2.35. The number of hydrogen-bond donors (Lipinski definition) is 1. The normalized spacial score (nSPS) is 12.1. The van der Waals surface area contributed by atoms with Gasteiger partial charge in [-0.1, -0.05) is 72.8 Å². The third-order valence-corrected chi connectivity index (χ3v) is 9.07. The maximum atomic E-state index is 14.7. The van der Waals surface area contributed by atoms with E-state index in [9.17, 15) is 18.0 Å². The Morgan fingerprint density at radius 2 is 1.45 bits per heavy atom. The highest BCUT2D eigenvalue weighted by molar-refractivity contribution is 7.92. The van der Waals surface area contributed by atoms with Crippen molar-refractivity contribution in [3.63, 3.8) is 0 Å². The highest BCUT2D eigenvalue weighted by atomic mass is 32.2. The number of hydrogen-bond acceptors (Lipinski definition) is 6. The molecule has 0 fully saturated rings. The van der Waals surface area contributed by atoms with E-state index in [4.69, 9.17) is 9.47 Å². The van der Waals surface area contributed by atoms with Crippen LogP contribution in [0, 0.1) is 0 Å². The van der Waals surface area contributed by atoms with Crippen LogP contribution in [-0.4, -0.2) is 57.0 Å². The van der Waals surface area contributed by atoms with Crippen LogP contribution in [0.4, 0.5) is 5.69 Å². The number of amides is 2. The van der Waals surface area contributed by atoms with Gasteiger partial charge in [0.15, 0.2) is 0 Å². The topological polar surface area (TPSA) is 105 Å². The first-order valence-electron chi connectivity index (χ1n) is 15.5. The summed E-state index contributed by atoms with van der Waals surface area (Å²) in [5, 5.41) is 3.04. The lowest BCUT2D eigenvalue weighted by molar-refractivity contribution is -0.140. The predicted octanol–water partition coefficient (Wildman–Crippen LogP) is 5.84. The molecule has 47 heavy (non-hydrogen) atoms. The molecule has 0 aliphatic carbocycles. The average Bonchev–Trinajstić information content (AvgIpc) is 3.05. The van der Waals surface area contributed by atoms with E-state index in [1.807, 2.05) is 63.2 Å². The number of sulfonamides is 1. The van der Waals surface area contributed by atoms with E-state index in [1.165, 1.54) is 17.0 Å². The molecule has 10 heteroatoms. The first-order chi connectivity index (χ1) is 22.4.